The van der Waals surface area contributed by atoms with Crippen LogP contribution in [0.4, 0.5) is 0 Å². The summed E-state index contributed by atoms with van der Waals surface area (Å²) in [5.41, 5.74) is 0.399. The topological polar surface area (TPSA) is 52.9 Å². The van der Waals surface area contributed by atoms with Crippen LogP contribution in [0.25, 0.3) is 0 Å². The standard InChI is InChI=1S/C14H20N2OS/c1-4-5-10-14(3,11-15)16-18(17)13-8-6-12(2)7-9-13/h6-9,16H,4-5,10H2,1-3H3/t14-,18-/m0/s1. The smallest absolute Gasteiger partial charge is 0.126 e. The van der Waals surface area contributed by atoms with Gasteiger partial charge in [-0.05, 0) is 32.4 Å². The van der Waals surface area contributed by atoms with Crippen LogP contribution in [0.2, 0.25) is 0 Å². The van der Waals surface area contributed by atoms with E-state index in [-0.39, 0.29) is 0 Å². The maximum atomic E-state index is 12.1. The molecule has 1 aromatic carbocycles. The van der Waals surface area contributed by atoms with E-state index in [1.54, 1.807) is 6.92 Å². The summed E-state index contributed by atoms with van der Waals surface area (Å²) in [6.07, 6.45) is 2.68. The van der Waals surface area contributed by atoms with Gasteiger partial charge < -0.3 is 0 Å². The Kier molecular flexibility index (Phi) is 5.52. The summed E-state index contributed by atoms with van der Waals surface area (Å²) in [5, 5.41) is 9.20. The molecule has 1 N–H and O–H groups in total. The van der Waals surface area contributed by atoms with Crippen molar-refractivity contribution in [3.63, 3.8) is 0 Å². The second-order valence-electron chi connectivity index (χ2n) is 4.73. The zero-order valence-corrected chi connectivity index (χ0v) is 12.0. The molecule has 0 heterocycles. The number of hydrogen-bond acceptors (Lipinski definition) is 2. The summed E-state index contributed by atoms with van der Waals surface area (Å²) < 4.78 is 15.1. The Hall–Kier alpha value is -1.18. The maximum Gasteiger partial charge on any atom is 0.126 e. The van der Waals surface area contributed by atoms with Gasteiger partial charge in [-0.3, -0.25) is 0 Å². The fraction of sp³-hybridized carbons (Fsp3) is 0.500. The third-order valence-corrected chi connectivity index (χ3v) is 4.17. The van der Waals surface area contributed by atoms with E-state index in [1.165, 1.54) is 0 Å². The molecular weight excluding hydrogens is 244 g/mol. The van der Waals surface area contributed by atoms with E-state index < -0.39 is 16.5 Å². The molecule has 2 atom stereocenters. The van der Waals surface area contributed by atoms with Crippen LogP contribution in [-0.4, -0.2) is 9.75 Å². The number of nitrogens with one attached hydrogen (secondary N) is 1. The summed E-state index contributed by atoms with van der Waals surface area (Å²) >= 11 is 0. The van der Waals surface area contributed by atoms with Crippen molar-refractivity contribution < 1.29 is 4.21 Å². The minimum Gasteiger partial charge on any atom is -0.237 e. The zero-order chi connectivity index (χ0) is 13.6. The maximum absolute atomic E-state index is 12.1. The van der Waals surface area contributed by atoms with Crippen molar-refractivity contribution in [2.24, 2.45) is 0 Å². The average molecular weight is 264 g/mol. The number of nitriles is 1. The minimum atomic E-state index is -1.34. The van der Waals surface area contributed by atoms with Crippen molar-refractivity contribution >= 4 is 11.0 Å². The first-order valence-electron chi connectivity index (χ1n) is 6.18. The molecule has 4 heteroatoms. The SMILES string of the molecule is CCCC[C@@](C)(C#N)N[S@@](=O)c1ccc(C)cc1. The predicted octanol–water partition coefficient (Wildman–Crippen LogP) is 3.08. The zero-order valence-electron chi connectivity index (χ0n) is 11.2. The van der Waals surface area contributed by atoms with Crippen LogP contribution in [-0.2, 0) is 11.0 Å². The molecule has 1 aromatic rings. The molecule has 0 amide bonds. The summed E-state index contributed by atoms with van der Waals surface area (Å²) in [7, 11) is -1.34. The summed E-state index contributed by atoms with van der Waals surface area (Å²) in [5.74, 6) is 0. The number of hydrogen-bond donors (Lipinski definition) is 1. The molecule has 0 aromatic heterocycles. The van der Waals surface area contributed by atoms with Gasteiger partial charge in [0.15, 0.2) is 0 Å². The molecule has 1 rings (SSSR count). The molecule has 0 saturated carbocycles. The van der Waals surface area contributed by atoms with Crippen molar-refractivity contribution in [2.45, 2.75) is 50.5 Å². The molecule has 98 valence electrons. The van der Waals surface area contributed by atoms with Crippen molar-refractivity contribution in [1.82, 2.24) is 4.72 Å². The van der Waals surface area contributed by atoms with Crippen molar-refractivity contribution in [2.75, 3.05) is 0 Å². The summed E-state index contributed by atoms with van der Waals surface area (Å²) in [6, 6.07) is 9.72. The Labute approximate surface area is 112 Å². The monoisotopic (exact) mass is 264 g/mol. The highest BCUT2D eigenvalue weighted by Crippen LogP contribution is 2.16. The number of unbranched alkanes of at least 4 members (excludes halogenated alkanes) is 1. The van der Waals surface area contributed by atoms with E-state index in [0.29, 0.717) is 11.3 Å². The summed E-state index contributed by atoms with van der Waals surface area (Å²) in [6.45, 7) is 5.87. The molecule has 0 spiro atoms. The number of aryl methyl sites for hydroxylation is 1. The van der Waals surface area contributed by atoms with Crippen LogP contribution in [0.1, 0.15) is 38.7 Å². The molecule has 0 unspecified atom stereocenters. The highest BCUT2D eigenvalue weighted by atomic mass is 32.2. The van der Waals surface area contributed by atoms with Crippen LogP contribution in [0.3, 0.4) is 0 Å². The molecule has 0 aliphatic carbocycles. The Morgan fingerprint density at radius 2 is 2.00 bits per heavy atom. The molecule has 0 bridgehead atoms. The van der Waals surface area contributed by atoms with Gasteiger partial charge in [-0.15, -0.1) is 0 Å². The Morgan fingerprint density at radius 1 is 1.39 bits per heavy atom. The van der Waals surface area contributed by atoms with Gasteiger partial charge in [-0.2, -0.15) is 5.26 Å². The second-order valence-corrected chi connectivity index (χ2v) is 5.94. The Bertz CT molecular complexity index is 450. The Balaban J connectivity index is 2.73. The van der Waals surface area contributed by atoms with Gasteiger partial charge in [0.2, 0.25) is 0 Å². The number of rotatable bonds is 6. The van der Waals surface area contributed by atoms with Crippen LogP contribution in [0, 0.1) is 18.3 Å². The minimum absolute atomic E-state index is 0.706. The van der Waals surface area contributed by atoms with Gasteiger partial charge in [0.25, 0.3) is 0 Å². The number of nitrogens with zero attached hydrogens (tertiary/aromatic N) is 1. The first kappa shape index (κ1) is 14.9. The van der Waals surface area contributed by atoms with E-state index in [0.717, 1.165) is 18.4 Å². The van der Waals surface area contributed by atoms with Crippen molar-refractivity contribution in [3.8, 4) is 6.07 Å². The summed E-state index contributed by atoms with van der Waals surface area (Å²) in [4.78, 5) is 0.707. The molecule has 0 fully saturated rings. The molecule has 0 aliphatic rings. The van der Waals surface area contributed by atoms with E-state index in [9.17, 15) is 9.47 Å². The molecule has 0 saturated heterocycles. The quantitative estimate of drug-likeness (QED) is 0.858. The molecule has 0 radical (unpaired) electrons. The van der Waals surface area contributed by atoms with Gasteiger partial charge in [-0.1, -0.05) is 37.5 Å². The third-order valence-electron chi connectivity index (χ3n) is 2.83. The van der Waals surface area contributed by atoms with Crippen LogP contribution >= 0.6 is 0 Å². The molecular formula is C14H20N2OS. The largest absolute Gasteiger partial charge is 0.237 e. The van der Waals surface area contributed by atoms with Crippen LogP contribution in [0.15, 0.2) is 29.2 Å². The highest BCUT2D eigenvalue weighted by Gasteiger charge is 2.25. The average Bonchev–Trinajstić information content (AvgIpc) is 2.37. The third kappa shape index (κ3) is 4.25. The lowest BCUT2D eigenvalue weighted by Gasteiger charge is -2.22. The van der Waals surface area contributed by atoms with E-state index in [4.69, 9.17) is 0 Å². The Morgan fingerprint density at radius 3 is 2.50 bits per heavy atom. The van der Waals surface area contributed by atoms with E-state index >= 15 is 0 Å². The lowest BCUT2D eigenvalue weighted by Crippen LogP contribution is -2.41. The lowest BCUT2D eigenvalue weighted by atomic mass is 9.98. The van der Waals surface area contributed by atoms with Gasteiger partial charge in [0, 0.05) is 0 Å². The van der Waals surface area contributed by atoms with Gasteiger partial charge in [-0.25, -0.2) is 8.93 Å². The fourth-order valence-electron chi connectivity index (χ4n) is 1.59. The predicted molar refractivity (Wildman–Crippen MR) is 74.3 cm³/mol. The van der Waals surface area contributed by atoms with Crippen molar-refractivity contribution in [3.05, 3.63) is 29.8 Å². The molecule has 0 aliphatic heterocycles. The molecule has 3 nitrogen and oxygen atoms in total. The van der Waals surface area contributed by atoms with E-state index in [1.807, 2.05) is 31.2 Å². The first-order valence-corrected chi connectivity index (χ1v) is 7.33. The lowest BCUT2D eigenvalue weighted by molar-refractivity contribution is 0.477. The van der Waals surface area contributed by atoms with Crippen molar-refractivity contribution in [1.29, 1.82) is 5.26 Å². The fourth-order valence-corrected chi connectivity index (χ4v) is 2.64. The normalized spacial score (nSPS) is 15.7. The highest BCUT2D eigenvalue weighted by molar-refractivity contribution is 7.83. The molecule has 18 heavy (non-hydrogen) atoms. The number of benzene rings is 1. The van der Waals surface area contributed by atoms with Gasteiger partial charge >= 0.3 is 0 Å². The van der Waals surface area contributed by atoms with Crippen LogP contribution < -0.4 is 4.72 Å². The van der Waals surface area contributed by atoms with Gasteiger partial charge in [0.05, 0.1) is 11.0 Å². The first-order chi connectivity index (χ1) is 8.50. The van der Waals surface area contributed by atoms with Crippen LogP contribution in [0.5, 0.6) is 0 Å². The second kappa shape index (κ2) is 6.67. The van der Waals surface area contributed by atoms with E-state index in [2.05, 4.69) is 17.7 Å². The van der Waals surface area contributed by atoms with Gasteiger partial charge in [0.1, 0.15) is 16.5 Å².